The van der Waals surface area contributed by atoms with Crippen LogP contribution in [-0.2, 0) is 9.53 Å². The number of methoxy groups -OCH3 is 1. The number of hydrogen-bond acceptors (Lipinski definition) is 4. The van der Waals surface area contributed by atoms with Gasteiger partial charge in [-0.3, -0.25) is 4.79 Å². The largest absolute Gasteiger partial charge is 0.496 e. The van der Waals surface area contributed by atoms with Crippen molar-refractivity contribution in [2.75, 3.05) is 13.7 Å². The molecule has 0 heterocycles. The highest BCUT2D eigenvalue weighted by Gasteiger charge is 2.16. The van der Waals surface area contributed by atoms with Crippen molar-refractivity contribution in [2.24, 2.45) is 5.73 Å². The van der Waals surface area contributed by atoms with Gasteiger partial charge in [0.15, 0.2) is 0 Å². The second kappa shape index (κ2) is 6.47. The van der Waals surface area contributed by atoms with E-state index in [4.69, 9.17) is 26.8 Å². The van der Waals surface area contributed by atoms with Gasteiger partial charge in [0.1, 0.15) is 5.75 Å². The Balaban J connectivity index is 2.83. The number of carbonyl (C=O) groups is 1. The molecule has 0 aliphatic carbocycles. The molecule has 2 N–H and O–H groups in total. The Morgan fingerprint density at radius 1 is 1.53 bits per heavy atom. The molecule has 0 saturated heterocycles. The molecule has 0 amide bonds. The van der Waals surface area contributed by atoms with E-state index in [0.29, 0.717) is 22.9 Å². The van der Waals surface area contributed by atoms with Crippen molar-refractivity contribution < 1.29 is 14.3 Å². The fourth-order valence-electron chi connectivity index (χ4n) is 1.50. The lowest BCUT2D eigenvalue weighted by molar-refractivity contribution is -0.143. The third-order valence-electron chi connectivity index (χ3n) is 2.28. The van der Waals surface area contributed by atoms with Crippen LogP contribution >= 0.6 is 11.6 Å². The van der Waals surface area contributed by atoms with E-state index >= 15 is 0 Å². The number of esters is 1. The maximum atomic E-state index is 11.3. The number of benzene rings is 1. The fraction of sp³-hybridized carbons (Fsp3) is 0.417. The molecule has 0 aromatic heterocycles. The van der Waals surface area contributed by atoms with Crippen LogP contribution in [0.1, 0.15) is 24.9 Å². The molecule has 94 valence electrons. The zero-order valence-electron chi connectivity index (χ0n) is 9.90. The molecule has 1 aromatic rings. The summed E-state index contributed by atoms with van der Waals surface area (Å²) in [5, 5.41) is 0.556. The van der Waals surface area contributed by atoms with Crippen LogP contribution in [0.3, 0.4) is 0 Å². The third kappa shape index (κ3) is 3.91. The Morgan fingerprint density at radius 3 is 2.82 bits per heavy atom. The second-order valence-corrected chi connectivity index (χ2v) is 3.94. The molecular weight excluding hydrogens is 242 g/mol. The van der Waals surface area contributed by atoms with Crippen LogP contribution in [0.4, 0.5) is 0 Å². The summed E-state index contributed by atoms with van der Waals surface area (Å²) in [5.74, 6) is 0.285. The smallest absolute Gasteiger partial charge is 0.307 e. The minimum Gasteiger partial charge on any atom is -0.496 e. The zero-order valence-corrected chi connectivity index (χ0v) is 10.7. The first-order chi connectivity index (χ1) is 8.08. The van der Waals surface area contributed by atoms with Crippen LogP contribution in [0, 0.1) is 0 Å². The Morgan fingerprint density at radius 2 is 2.24 bits per heavy atom. The molecule has 0 aliphatic rings. The standard InChI is InChI=1S/C12H16ClNO3/c1-3-17-12(15)7-10(14)9-6-8(13)4-5-11(9)16-2/h4-6,10H,3,7,14H2,1-2H3/t10-/m0/s1. The molecule has 4 nitrogen and oxygen atoms in total. The van der Waals surface area contributed by atoms with E-state index in [9.17, 15) is 4.79 Å². The first kappa shape index (κ1) is 13.8. The average Bonchev–Trinajstić information content (AvgIpc) is 2.29. The summed E-state index contributed by atoms with van der Waals surface area (Å²) in [4.78, 5) is 11.3. The number of hydrogen-bond donors (Lipinski definition) is 1. The highest BCUT2D eigenvalue weighted by molar-refractivity contribution is 6.30. The van der Waals surface area contributed by atoms with Crippen molar-refractivity contribution in [2.45, 2.75) is 19.4 Å². The molecule has 1 rings (SSSR count). The Labute approximate surface area is 106 Å². The van der Waals surface area contributed by atoms with E-state index in [-0.39, 0.29) is 12.4 Å². The van der Waals surface area contributed by atoms with Gasteiger partial charge in [-0.25, -0.2) is 0 Å². The van der Waals surface area contributed by atoms with Crippen molar-refractivity contribution in [3.8, 4) is 5.75 Å². The number of rotatable bonds is 5. The monoisotopic (exact) mass is 257 g/mol. The molecular formula is C12H16ClNO3. The highest BCUT2D eigenvalue weighted by Crippen LogP contribution is 2.28. The molecule has 0 saturated carbocycles. The average molecular weight is 258 g/mol. The number of carbonyl (C=O) groups excluding carboxylic acids is 1. The number of halogens is 1. The van der Waals surface area contributed by atoms with Gasteiger partial charge in [0.2, 0.25) is 0 Å². The predicted molar refractivity (Wildman–Crippen MR) is 66.2 cm³/mol. The highest BCUT2D eigenvalue weighted by atomic mass is 35.5. The minimum absolute atomic E-state index is 0.102. The van der Waals surface area contributed by atoms with Gasteiger partial charge < -0.3 is 15.2 Å². The quantitative estimate of drug-likeness (QED) is 0.823. The molecule has 17 heavy (non-hydrogen) atoms. The maximum Gasteiger partial charge on any atom is 0.307 e. The van der Waals surface area contributed by atoms with Gasteiger partial charge in [-0.15, -0.1) is 0 Å². The molecule has 0 bridgehead atoms. The Kier molecular flexibility index (Phi) is 5.25. The van der Waals surface area contributed by atoms with E-state index in [1.54, 1.807) is 32.2 Å². The van der Waals surface area contributed by atoms with Crippen molar-refractivity contribution in [1.82, 2.24) is 0 Å². The van der Waals surface area contributed by atoms with Crippen LogP contribution in [0.2, 0.25) is 5.02 Å². The van der Waals surface area contributed by atoms with E-state index in [2.05, 4.69) is 0 Å². The third-order valence-corrected chi connectivity index (χ3v) is 2.52. The van der Waals surface area contributed by atoms with Crippen molar-refractivity contribution >= 4 is 17.6 Å². The first-order valence-corrected chi connectivity index (χ1v) is 5.71. The maximum absolute atomic E-state index is 11.3. The summed E-state index contributed by atoms with van der Waals surface area (Å²) in [7, 11) is 1.55. The summed E-state index contributed by atoms with van der Waals surface area (Å²) >= 11 is 5.89. The zero-order chi connectivity index (χ0) is 12.8. The predicted octanol–water partition coefficient (Wildman–Crippen LogP) is 2.30. The van der Waals surface area contributed by atoms with Crippen LogP contribution in [-0.4, -0.2) is 19.7 Å². The van der Waals surface area contributed by atoms with Crippen molar-refractivity contribution in [3.63, 3.8) is 0 Å². The molecule has 0 radical (unpaired) electrons. The Bertz CT molecular complexity index is 395. The molecule has 0 spiro atoms. The topological polar surface area (TPSA) is 61.5 Å². The lowest BCUT2D eigenvalue weighted by atomic mass is 10.0. The van der Waals surface area contributed by atoms with E-state index in [1.807, 2.05) is 0 Å². The molecule has 1 atom stereocenters. The van der Waals surface area contributed by atoms with Gasteiger partial charge in [0, 0.05) is 16.6 Å². The SMILES string of the molecule is CCOC(=O)C[C@H](N)c1cc(Cl)ccc1OC. The van der Waals surface area contributed by atoms with Crippen LogP contribution < -0.4 is 10.5 Å². The first-order valence-electron chi connectivity index (χ1n) is 5.33. The summed E-state index contributed by atoms with van der Waals surface area (Å²) < 4.78 is 10.0. The fourth-order valence-corrected chi connectivity index (χ4v) is 1.68. The normalized spacial score (nSPS) is 12.0. The lowest BCUT2D eigenvalue weighted by Crippen LogP contribution is -2.18. The summed E-state index contributed by atoms with van der Waals surface area (Å²) in [6, 6.07) is 4.65. The van der Waals surface area contributed by atoms with E-state index < -0.39 is 6.04 Å². The Hall–Kier alpha value is -1.26. The number of ether oxygens (including phenoxy) is 2. The van der Waals surface area contributed by atoms with E-state index in [0.717, 1.165) is 0 Å². The minimum atomic E-state index is -0.484. The summed E-state index contributed by atoms with van der Waals surface area (Å²) in [6.45, 7) is 2.10. The van der Waals surface area contributed by atoms with Gasteiger partial charge in [0.05, 0.1) is 20.1 Å². The van der Waals surface area contributed by atoms with Crippen molar-refractivity contribution in [1.29, 1.82) is 0 Å². The van der Waals surface area contributed by atoms with Crippen LogP contribution in [0.15, 0.2) is 18.2 Å². The van der Waals surface area contributed by atoms with Crippen molar-refractivity contribution in [3.05, 3.63) is 28.8 Å². The molecule has 0 fully saturated rings. The lowest BCUT2D eigenvalue weighted by Gasteiger charge is -2.15. The second-order valence-electron chi connectivity index (χ2n) is 3.50. The van der Waals surface area contributed by atoms with Gasteiger partial charge in [0.25, 0.3) is 0 Å². The molecule has 0 unspecified atom stereocenters. The van der Waals surface area contributed by atoms with Gasteiger partial charge >= 0.3 is 5.97 Å². The van der Waals surface area contributed by atoms with Crippen LogP contribution in [0.25, 0.3) is 0 Å². The van der Waals surface area contributed by atoms with Gasteiger partial charge in [-0.1, -0.05) is 11.6 Å². The summed E-state index contributed by atoms with van der Waals surface area (Å²) in [6.07, 6.45) is 0.102. The van der Waals surface area contributed by atoms with Gasteiger partial charge in [-0.05, 0) is 25.1 Å². The number of nitrogens with two attached hydrogens (primary N) is 1. The molecule has 1 aromatic carbocycles. The molecule has 0 aliphatic heterocycles. The summed E-state index contributed by atoms with van der Waals surface area (Å²) in [5.41, 5.74) is 6.63. The van der Waals surface area contributed by atoms with Gasteiger partial charge in [-0.2, -0.15) is 0 Å². The van der Waals surface area contributed by atoms with E-state index in [1.165, 1.54) is 0 Å². The van der Waals surface area contributed by atoms with Crippen LogP contribution in [0.5, 0.6) is 5.75 Å². The molecule has 5 heteroatoms.